The number of aromatic hydroxyl groups is 1. The molecule has 0 saturated heterocycles. The molecule has 6 heteroatoms. The molecule has 106 valence electrons. The van der Waals surface area contributed by atoms with Crippen LogP contribution in [0.2, 0.25) is 5.02 Å². The van der Waals surface area contributed by atoms with E-state index in [1.807, 2.05) is 6.07 Å². The van der Waals surface area contributed by atoms with E-state index in [1.165, 1.54) is 18.2 Å². The van der Waals surface area contributed by atoms with Crippen LogP contribution in [0.25, 0.3) is 0 Å². The highest BCUT2D eigenvalue weighted by Crippen LogP contribution is 2.23. The lowest BCUT2D eigenvalue weighted by Gasteiger charge is -2.09. The van der Waals surface area contributed by atoms with Crippen molar-refractivity contribution in [1.82, 2.24) is 0 Å². The van der Waals surface area contributed by atoms with Gasteiger partial charge in [0.1, 0.15) is 17.6 Å². The second-order valence-electron chi connectivity index (χ2n) is 4.09. The first-order valence-electron chi connectivity index (χ1n) is 6.00. The van der Waals surface area contributed by atoms with E-state index in [0.29, 0.717) is 11.4 Å². The van der Waals surface area contributed by atoms with Crippen molar-refractivity contribution < 1.29 is 14.6 Å². The molecule has 0 radical (unpaired) electrons. The molecule has 0 heterocycles. The van der Waals surface area contributed by atoms with Crippen molar-refractivity contribution in [2.75, 3.05) is 11.9 Å². The van der Waals surface area contributed by atoms with Gasteiger partial charge < -0.3 is 15.2 Å². The Labute approximate surface area is 126 Å². The average Bonchev–Trinajstić information content (AvgIpc) is 2.48. The van der Waals surface area contributed by atoms with Crippen molar-refractivity contribution in [2.24, 2.45) is 0 Å². The molecule has 2 aromatic rings. The molecule has 0 unspecified atom stereocenters. The second-order valence-corrected chi connectivity index (χ2v) is 4.50. The first-order chi connectivity index (χ1) is 10.1. The minimum Gasteiger partial charge on any atom is -0.508 e. The molecule has 0 saturated carbocycles. The van der Waals surface area contributed by atoms with Crippen LogP contribution in [0.3, 0.4) is 0 Å². The third-order valence-corrected chi connectivity index (χ3v) is 2.92. The molecule has 0 aliphatic heterocycles. The summed E-state index contributed by atoms with van der Waals surface area (Å²) in [6.45, 7) is -0.0736. The van der Waals surface area contributed by atoms with E-state index in [0.717, 1.165) is 0 Å². The fourth-order valence-corrected chi connectivity index (χ4v) is 1.87. The van der Waals surface area contributed by atoms with Crippen molar-refractivity contribution in [3.63, 3.8) is 0 Å². The third-order valence-electron chi connectivity index (χ3n) is 2.59. The molecular formula is C15H11ClN2O3. The Hall–Kier alpha value is -2.71. The van der Waals surface area contributed by atoms with Crippen molar-refractivity contribution in [3.05, 3.63) is 53.1 Å². The smallest absolute Gasteiger partial charge is 0.257 e. The van der Waals surface area contributed by atoms with Crippen molar-refractivity contribution in [1.29, 1.82) is 5.26 Å². The highest BCUT2D eigenvalue weighted by Gasteiger charge is 2.11. The number of carbonyl (C=O) groups excluding carboxylic acids is 1. The fraction of sp³-hybridized carbons (Fsp3) is 0.0667. The highest BCUT2D eigenvalue weighted by molar-refractivity contribution is 6.34. The SMILES string of the molecule is N#CCOc1cccc(NC(=O)c2cc(O)ccc2Cl)c1. The molecule has 0 bridgehead atoms. The zero-order valence-corrected chi connectivity index (χ0v) is 11.6. The van der Waals surface area contributed by atoms with Gasteiger partial charge in [0, 0.05) is 11.8 Å². The van der Waals surface area contributed by atoms with Crippen molar-refractivity contribution >= 4 is 23.2 Å². The summed E-state index contributed by atoms with van der Waals surface area (Å²) in [6, 6.07) is 12.6. The van der Waals surface area contributed by atoms with Crippen molar-refractivity contribution in [2.45, 2.75) is 0 Å². The predicted molar refractivity (Wildman–Crippen MR) is 78.6 cm³/mol. The lowest BCUT2D eigenvalue weighted by Crippen LogP contribution is -2.12. The van der Waals surface area contributed by atoms with Crippen LogP contribution >= 0.6 is 11.6 Å². The molecule has 5 nitrogen and oxygen atoms in total. The zero-order chi connectivity index (χ0) is 15.2. The van der Waals surface area contributed by atoms with E-state index in [1.54, 1.807) is 24.3 Å². The maximum atomic E-state index is 12.1. The summed E-state index contributed by atoms with van der Waals surface area (Å²) in [5.74, 6) is -0.0275. The van der Waals surface area contributed by atoms with E-state index in [2.05, 4.69) is 5.32 Å². The maximum absolute atomic E-state index is 12.1. The van der Waals surface area contributed by atoms with Gasteiger partial charge in [-0.2, -0.15) is 5.26 Å². The molecule has 21 heavy (non-hydrogen) atoms. The number of phenols is 1. The van der Waals surface area contributed by atoms with Crippen LogP contribution < -0.4 is 10.1 Å². The summed E-state index contributed by atoms with van der Waals surface area (Å²) in [5.41, 5.74) is 0.662. The zero-order valence-electron chi connectivity index (χ0n) is 10.8. The monoisotopic (exact) mass is 302 g/mol. The quantitative estimate of drug-likeness (QED) is 0.908. The maximum Gasteiger partial charge on any atom is 0.257 e. The summed E-state index contributed by atoms with van der Waals surface area (Å²) < 4.78 is 5.15. The number of phenolic OH excluding ortho intramolecular Hbond substituents is 1. The molecule has 0 aliphatic rings. The molecule has 0 aromatic heterocycles. The number of hydrogen-bond acceptors (Lipinski definition) is 4. The topological polar surface area (TPSA) is 82.3 Å². The average molecular weight is 303 g/mol. The number of nitrogens with one attached hydrogen (secondary N) is 1. The van der Waals surface area contributed by atoms with Gasteiger partial charge in [0.05, 0.1) is 10.6 Å². The number of hydrogen-bond donors (Lipinski definition) is 2. The van der Waals surface area contributed by atoms with Gasteiger partial charge in [-0.15, -0.1) is 0 Å². The summed E-state index contributed by atoms with van der Waals surface area (Å²) in [5, 5.41) is 20.8. The number of halogens is 1. The number of ether oxygens (including phenoxy) is 1. The molecular weight excluding hydrogens is 292 g/mol. The molecule has 2 aromatic carbocycles. The number of benzene rings is 2. The largest absolute Gasteiger partial charge is 0.508 e. The summed E-state index contributed by atoms with van der Waals surface area (Å²) in [4.78, 5) is 12.1. The fourth-order valence-electron chi connectivity index (χ4n) is 1.66. The Morgan fingerprint density at radius 3 is 2.90 bits per heavy atom. The lowest BCUT2D eigenvalue weighted by atomic mass is 10.2. The van der Waals surface area contributed by atoms with Crippen LogP contribution in [0.15, 0.2) is 42.5 Å². The molecule has 0 atom stereocenters. The number of amides is 1. The van der Waals surface area contributed by atoms with Gasteiger partial charge in [-0.3, -0.25) is 4.79 Å². The number of rotatable bonds is 4. The molecule has 0 spiro atoms. The van der Waals surface area contributed by atoms with E-state index in [-0.39, 0.29) is 22.9 Å². The van der Waals surface area contributed by atoms with Crippen LogP contribution in [0, 0.1) is 11.3 Å². The number of nitrogens with zero attached hydrogens (tertiary/aromatic N) is 1. The summed E-state index contributed by atoms with van der Waals surface area (Å²) in [7, 11) is 0. The van der Waals surface area contributed by atoms with Crippen LogP contribution in [-0.4, -0.2) is 17.6 Å². The van der Waals surface area contributed by atoms with E-state index in [4.69, 9.17) is 21.6 Å². The summed E-state index contributed by atoms with van der Waals surface area (Å²) >= 11 is 5.92. The molecule has 0 fully saturated rings. The Balaban J connectivity index is 2.16. The van der Waals surface area contributed by atoms with Crippen LogP contribution in [-0.2, 0) is 0 Å². The highest BCUT2D eigenvalue weighted by atomic mass is 35.5. The van der Waals surface area contributed by atoms with Gasteiger partial charge in [-0.25, -0.2) is 0 Å². The van der Waals surface area contributed by atoms with E-state index < -0.39 is 5.91 Å². The number of nitriles is 1. The number of anilines is 1. The Bertz CT molecular complexity index is 710. The Morgan fingerprint density at radius 2 is 2.14 bits per heavy atom. The predicted octanol–water partition coefficient (Wildman–Crippen LogP) is 3.20. The third kappa shape index (κ3) is 3.88. The minimum absolute atomic E-state index is 0.0457. The molecule has 2 rings (SSSR count). The first-order valence-corrected chi connectivity index (χ1v) is 6.37. The molecule has 2 N–H and O–H groups in total. The van der Waals surface area contributed by atoms with Gasteiger partial charge >= 0.3 is 0 Å². The number of carbonyl (C=O) groups is 1. The van der Waals surface area contributed by atoms with Gasteiger partial charge in [0.15, 0.2) is 6.61 Å². The van der Waals surface area contributed by atoms with Gasteiger partial charge in [0.2, 0.25) is 0 Å². The lowest BCUT2D eigenvalue weighted by molar-refractivity contribution is 0.102. The van der Waals surface area contributed by atoms with Crippen LogP contribution in [0.5, 0.6) is 11.5 Å². The van der Waals surface area contributed by atoms with Gasteiger partial charge in [0.25, 0.3) is 5.91 Å². The van der Waals surface area contributed by atoms with Crippen LogP contribution in [0.1, 0.15) is 10.4 Å². The van der Waals surface area contributed by atoms with E-state index in [9.17, 15) is 9.90 Å². The molecule has 0 aliphatic carbocycles. The normalized spacial score (nSPS) is 9.71. The Kier molecular flexibility index (Phi) is 4.64. The minimum atomic E-state index is -0.451. The van der Waals surface area contributed by atoms with Crippen LogP contribution in [0.4, 0.5) is 5.69 Å². The second kappa shape index (κ2) is 6.64. The van der Waals surface area contributed by atoms with E-state index >= 15 is 0 Å². The molecule has 1 amide bonds. The van der Waals surface area contributed by atoms with Gasteiger partial charge in [-0.1, -0.05) is 17.7 Å². The standard InChI is InChI=1S/C15H11ClN2O3/c16-14-5-4-11(19)9-13(14)15(20)18-10-2-1-3-12(8-10)21-7-6-17/h1-5,8-9,19H,7H2,(H,18,20). The Morgan fingerprint density at radius 1 is 1.33 bits per heavy atom. The summed E-state index contributed by atoms with van der Waals surface area (Å²) in [6.07, 6.45) is 0. The van der Waals surface area contributed by atoms with Gasteiger partial charge in [-0.05, 0) is 30.3 Å². The van der Waals surface area contributed by atoms with Crippen molar-refractivity contribution in [3.8, 4) is 17.6 Å². The first kappa shape index (κ1) is 14.7.